The minimum atomic E-state index is -0.373. The van der Waals surface area contributed by atoms with Crippen LogP contribution >= 0.6 is 23.4 Å². The summed E-state index contributed by atoms with van der Waals surface area (Å²) in [5.41, 5.74) is 0.369. The van der Waals surface area contributed by atoms with Crippen LogP contribution in [0, 0.1) is 0 Å². The highest BCUT2D eigenvalue weighted by molar-refractivity contribution is 7.99. The number of nitrogens with one attached hydrogen (secondary N) is 1. The first-order chi connectivity index (χ1) is 13.5. The van der Waals surface area contributed by atoms with E-state index >= 15 is 0 Å². The number of hydrogen-bond acceptors (Lipinski definition) is 6. The number of anilines is 1. The highest BCUT2D eigenvalue weighted by Gasteiger charge is 2.19. The van der Waals surface area contributed by atoms with Crippen LogP contribution in [0.25, 0.3) is 0 Å². The molecule has 9 heteroatoms. The number of carbonyl (C=O) groups excluding carboxylic acids is 1. The molecule has 1 unspecified atom stereocenters. The molecule has 2 aromatic carbocycles. The molecule has 0 fully saturated rings. The quantitative estimate of drug-likeness (QED) is 0.444. The van der Waals surface area contributed by atoms with E-state index in [1.54, 1.807) is 34.9 Å². The molecule has 1 aromatic heterocycles. The number of phenolic OH excluding ortho intramolecular Hbond substituents is 1. The number of ether oxygens (including phenoxy) is 1. The predicted octanol–water partition coefficient (Wildman–Crippen LogP) is 4.04. The standard InChI is InChI=1S/C19H19ClN4O3S/c1-12(27-16-10-6-3-7-13(16)20)18-22-23-19(24(18)2)28-11-17(26)21-14-8-4-5-9-15(14)25/h3-10,12,25H,11H2,1-2H3,(H,21,26). The average Bonchev–Trinajstić information content (AvgIpc) is 3.04. The van der Waals surface area contributed by atoms with Crippen LogP contribution < -0.4 is 10.1 Å². The van der Waals surface area contributed by atoms with Gasteiger partial charge in [-0.05, 0) is 31.2 Å². The Kier molecular flexibility index (Phi) is 6.43. The molecule has 0 radical (unpaired) electrons. The second-order valence-corrected chi connectivity index (χ2v) is 7.29. The van der Waals surface area contributed by atoms with Gasteiger partial charge in [0.2, 0.25) is 5.91 Å². The van der Waals surface area contributed by atoms with Gasteiger partial charge in [0.05, 0.1) is 16.5 Å². The lowest BCUT2D eigenvalue weighted by Gasteiger charge is -2.15. The first-order valence-corrected chi connectivity index (χ1v) is 9.83. The van der Waals surface area contributed by atoms with Crippen molar-refractivity contribution < 1.29 is 14.6 Å². The molecule has 1 heterocycles. The van der Waals surface area contributed by atoms with Crippen LogP contribution in [0.1, 0.15) is 18.9 Å². The Labute approximate surface area is 171 Å². The van der Waals surface area contributed by atoms with Gasteiger partial charge in [0, 0.05) is 7.05 Å². The summed E-state index contributed by atoms with van der Waals surface area (Å²) in [5.74, 6) is 1.07. The van der Waals surface area contributed by atoms with E-state index in [9.17, 15) is 9.90 Å². The summed E-state index contributed by atoms with van der Waals surface area (Å²) in [6.07, 6.45) is -0.373. The highest BCUT2D eigenvalue weighted by Crippen LogP contribution is 2.29. The average molecular weight is 419 g/mol. The number of carbonyl (C=O) groups is 1. The number of benzene rings is 2. The fourth-order valence-corrected chi connectivity index (χ4v) is 3.38. The third-order valence-electron chi connectivity index (χ3n) is 3.88. The number of hydrogen-bond donors (Lipinski definition) is 2. The molecule has 7 nitrogen and oxygen atoms in total. The zero-order chi connectivity index (χ0) is 20.1. The van der Waals surface area contributed by atoms with Gasteiger partial charge in [-0.15, -0.1) is 10.2 Å². The maximum absolute atomic E-state index is 12.1. The first kappa shape index (κ1) is 20.0. The highest BCUT2D eigenvalue weighted by atomic mass is 35.5. The molecule has 0 saturated carbocycles. The van der Waals surface area contributed by atoms with Crippen LogP contribution in [0.3, 0.4) is 0 Å². The molecule has 1 atom stereocenters. The first-order valence-electron chi connectivity index (χ1n) is 8.47. The van der Waals surface area contributed by atoms with Crippen molar-refractivity contribution >= 4 is 35.0 Å². The summed E-state index contributed by atoms with van der Waals surface area (Å²) in [4.78, 5) is 12.1. The van der Waals surface area contributed by atoms with Crippen molar-refractivity contribution in [2.75, 3.05) is 11.1 Å². The van der Waals surface area contributed by atoms with Crippen LogP contribution in [-0.2, 0) is 11.8 Å². The maximum atomic E-state index is 12.1. The van der Waals surface area contributed by atoms with Gasteiger partial charge in [0.15, 0.2) is 17.1 Å². The van der Waals surface area contributed by atoms with Crippen LogP contribution in [0.5, 0.6) is 11.5 Å². The number of phenols is 1. The summed E-state index contributed by atoms with van der Waals surface area (Å²) < 4.78 is 7.65. The second-order valence-electron chi connectivity index (χ2n) is 5.94. The number of amides is 1. The number of para-hydroxylation sites is 3. The molecule has 3 aromatic rings. The van der Waals surface area contributed by atoms with E-state index < -0.39 is 0 Å². The lowest BCUT2D eigenvalue weighted by atomic mass is 10.3. The molecule has 3 rings (SSSR count). The third-order valence-corrected chi connectivity index (χ3v) is 5.22. The molecule has 0 spiro atoms. The van der Waals surface area contributed by atoms with Crippen molar-refractivity contribution in [3.63, 3.8) is 0 Å². The van der Waals surface area contributed by atoms with E-state index in [1.165, 1.54) is 17.8 Å². The lowest BCUT2D eigenvalue weighted by molar-refractivity contribution is -0.113. The molecule has 0 aliphatic rings. The fourth-order valence-electron chi connectivity index (χ4n) is 2.49. The number of aromatic nitrogens is 3. The van der Waals surface area contributed by atoms with E-state index in [1.807, 2.05) is 26.1 Å². The summed E-state index contributed by atoms with van der Waals surface area (Å²) in [5, 5.41) is 21.8. The summed E-state index contributed by atoms with van der Waals surface area (Å²) in [7, 11) is 1.81. The molecule has 0 saturated heterocycles. The van der Waals surface area contributed by atoms with Crippen molar-refractivity contribution in [3.05, 3.63) is 59.4 Å². The van der Waals surface area contributed by atoms with Gasteiger partial charge in [-0.2, -0.15) is 0 Å². The van der Waals surface area contributed by atoms with Gasteiger partial charge in [-0.3, -0.25) is 4.79 Å². The molecule has 0 aliphatic carbocycles. The van der Waals surface area contributed by atoms with E-state index in [0.717, 1.165) is 0 Å². The van der Waals surface area contributed by atoms with Crippen LogP contribution in [-0.4, -0.2) is 31.5 Å². The van der Waals surface area contributed by atoms with E-state index in [4.69, 9.17) is 16.3 Å². The normalized spacial score (nSPS) is 11.8. The van der Waals surface area contributed by atoms with E-state index in [0.29, 0.717) is 27.4 Å². The second kappa shape index (κ2) is 8.99. The van der Waals surface area contributed by atoms with Crippen molar-refractivity contribution in [2.45, 2.75) is 18.2 Å². The predicted molar refractivity (Wildman–Crippen MR) is 109 cm³/mol. The van der Waals surface area contributed by atoms with Crippen molar-refractivity contribution in [1.82, 2.24) is 14.8 Å². The topological polar surface area (TPSA) is 89.3 Å². The molecular formula is C19H19ClN4O3S. The smallest absolute Gasteiger partial charge is 0.234 e. The number of rotatable bonds is 7. The fraction of sp³-hybridized carbons (Fsp3) is 0.211. The Morgan fingerprint density at radius 2 is 1.96 bits per heavy atom. The van der Waals surface area contributed by atoms with Gasteiger partial charge in [0.1, 0.15) is 11.5 Å². The Hall–Kier alpha value is -2.71. The number of nitrogens with zero attached hydrogens (tertiary/aromatic N) is 3. The molecule has 0 aliphatic heterocycles. The van der Waals surface area contributed by atoms with Crippen molar-refractivity contribution in [1.29, 1.82) is 0 Å². The Morgan fingerprint density at radius 3 is 2.71 bits per heavy atom. The van der Waals surface area contributed by atoms with Gasteiger partial charge in [0.25, 0.3) is 0 Å². The Morgan fingerprint density at radius 1 is 1.25 bits per heavy atom. The SMILES string of the molecule is CC(Oc1ccccc1Cl)c1nnc(SCC(=O)Nc2ccccc2O)n1C. The zero-order valence-corrected chi connectivity index (χ0v) is 16.9. The van der Waals surface area contributed by atoms with Gasteiger partial charge >= 0.3 is 0 Å². The van der Waals surface area contributed by atoms with Gasteiger partial charge in [-0.25, -0.2) is 0 Å². The molecule has 146 valence electrons. The molecule has 28 heavy (non-hydrogen) atoms. The van der Waals surface area contributed by atoms with Gasteiger partial charge in [-0.1, -0.05) is 47.6 Å². The van der Waals surface area contributed by atoms with Crippen molar-refractivity contribution in [3.8, 4) is 11.5 Å². The van der Waals surface area contributed by atoms with E-state index in [-0.39, 0.29) is 23.5 Å². The summed E-state index contributed by atoms with van der Waals surface area (Å²) in [6.45, 7) is 1.85. The van der Waals surface area contributed by atoms with Gasteiger partial charge < -0.3 is 19.7 Å². The minimum absolute atomic E-state index is 0.0207. The number of aromatic hydroxyl groups is 1. The largest absolute Gasteiger partial charge is 0.506 e. The van der Waals surface area contributed by atoms with Crippen LogP contribution in [0.4, 0.5) is 5.69 Å². The molecule has 0 bridgehead atoms. The zero-order valence-electron chi connectivity index (χ0n) is 15.3. The Bertz CT molecular complexity index is 979. The number of halogens is 1. The van der Waals surface area contributed by atoms with E-state index in [2.05, 4.69) is 15.5 Å². The molecular weight excluding hydrogens is 400 g/mol. The maximum Gasteiger partial charge on any atom is 0.234 e. The van der Waals surface area contributed by atoms with Crippen molar-refractivity contribution in [2.24, 2.45) is 7.05 Å². The summed E-state index contributed by atoms with van der Waals surface area (Å²) in [6, 6.07) is 13.8. The lowest BCUT2D eigenvalue weighted by Crippen LogP contribution is -2.15. The minimum Gasteiger partial charge on any atom is -0.506 e. The molecule has 2 N–H and O–H groups in total. The van der Waals surface area contributed by atoms with Crippen LogP contribution in [0.15, 0.2) is 53.7 Å². The summed E-state index contributed by atoms with van der Waals surface area (Å²) >= 11 is 7.37. The van der Waals surface area contributed by atoms with Crippen LogP contribution in [0.2, 0.25) is 5.02 Å². The number of thioether (sulfide) groups is 1. The third kappa shape index (κ3) is 4.76. The molecule has 1 amide bonds. The Balaban J connectivity index is 1.60. The monoisotopic (exact) mass is 418 g/mol.